The third-order valence-corrected chi connectivity index (χ3v) is 1.03. The highest BCUT2D eigenvalue weighted by Crippen LogP contribution is 1.94. The summed E-state index contributed by atoms with van der Waals surface area (Å²) in [4.78, 5) is 10.6. The molecule has 0 rings (SSSR count). The van der Waals surface area contributed by atoms with Crippen LogP contribution in [0.3, 0.4) is 0 Å². The summed E-state index contributed by atoms with van der Waals surface area (Å²) in [6.07, 6.45) is 2.24. The highest BCUT2D eigenvalue weighted by molar-refractivity contribution is 5.69. The van der Waals surface area contributed by atoms with Crippen LogP contribution in [0.2, 0.25) is 0 Å². The average Bonchev–Trinajstić information content (AvgIpc) is 1.97. The fourth-order valence-corrected chi connectivity index (χ4v) is 0.506. The van der Waals surface area contributed by atoms with E-state index in [2.05, 4.69) is 4.74 Å². The van der Waals surface area contributed by atoms with E-state index in [0.29, 0.717) is 6.42 Å². The molecule has 0 spiro atoms. The van der Waals surface area contributed by atoms with E-state index in [1.54, 1.807) is 5.48 Å². The fourth-order valence-electron chi connectivity index (χ4n) is 0.506. The molecule has 0 aliphatic heterocycles. The number of nitrogens with one attached hydrogen (secondary N) is 1. The molecule has 0 amide bonds. The molecule has 0 aliphatic carbocycles. The van der Waals surface area contributed by atoms with Gasteiger partial charge < -0.3 is 9.94 Å². The van der Waals surface area contributed by atoms with Gasteiger partial charge in [0, 0.05) is 6.42 Å². The summed E-state index contributed by atoms with van der Waals surface area (Å²) in [6.45, 7) is 1.88. The minimum absolute atomic E-state index is 0.122. The lowest BCUT2D eigenvalue weighted by molar-refractivity contribution is -0.147. The zero-order valence-electron chi connectivity index (χ0n) is 6.09. The van der Waals surface area contributed by atoms with Crippen LogP contribution >= 0.6 is 0 Å². The number of ether oxygens (including phenoxy) is 1. The van der Waals surface area contributed by atoms with Crippen LogP contribution in [0.4, 0.5) is 0 Å². The van der Waals surface area contributed by atoms with Crippen molar-refractivity contribution in [3.05, 3.63) is 0 Å². The Morgan fingerprint density at radius 3 is 2.90 bits per heavy atom. The number of unbranched alkanes of at least 4 members (excludes halogenated alkanes) is 1. The SMILES string of the molecule is CCCCC(=O)OCNO. The van der Waals surface area contributed by atoms with Gasteiger partial charge in [-0.05, 0) is 6.42 Å². The van der Waals surface area contributed by atoms with Gasteiger partial charge in [0.1, 0.15) is 0 Å². The molecule has 0 atom stereocenters. The maximum atomic E-state index is 10.6. The Bertz CT molecular complexity index is 85.0. The first-order valence-electron chi connectivity index (χ1n) is 3.33. The summed E-state index contributed by atoms with van der Waals surface area (Å²) in [6, 6.07) is 0. The van der Waals surface area contributed by atoms with Gasteiger partial charge in [-0.25, -0.2) is 0 Å². The van der Waals surface area contributed by atoms with E-state index < -0.39 is 0 Å². The molecular weight excluding hydrogens is 134 g/mol. The van der Waals surface area contributed by atoms with E-state index >= 15 is 0 Å². The fraction of sp³-hybridized carbons (Fsp3) is 0.833. The minimum atomic E-state index is -0.275. The molecule has 60 valence electrons. The first kappa shape index (κ1) is 9.39. The van der Waals surface area contributed by atoms with Crippen LogP contribution in [0.5, 0.6) is 0 Å². The van der Waals surface area contributed by atoms with Gasteiger partial charge in [-0.1, -0.05) is 13.3 Å². The molecule has 0 aromatic heterocycles. The van der Waals surface area contributed by atoms with E-state index in [9.17, 15) is 4.79 Å². The van der Waals surface area contributed by atoms with Gasteiger partial charge in [0.15, 0.2) is 6.73 Å². The van der Waals surface area contributed by atoms with Crippen molar-refractivity contribution in [2.75, 3.05) is 6.73 Å². The van der Waals surface area contributed by atoms with E-state index in [1.165, 1.54) is 0 Å². The van der Waals surface area contributed by atoms with E-state index in [1.807, 2.05) is 6.92 Å². The summed E-state index contributed by atoms with van der Waals surface area (Å²) < 4.78 is 4.49. The van der Waals surface area contributed by atoms with Gasteiger partial charge in [-0.15, -0.1) is 0 Å². The summed E-state index contributed by atoms with van der Waals surface area (Å²) >= 11 is 0. The molecule has 0 heterocycles. The van der Waals surface area contributed by atoms with Gasteiger partial charge in [-0.3, -0.25) is 4.79 Å². The Morgan fingerprint density at radius 1 is 1.70 bits per heavy atom. The Kier molecular flexibility index (Phi) is 6.11. The molecule has 0 aromatic rings. The Labute approximate surface area is 60.1 Å². The standard InChI is InChI=1S/C6H13NO3/c1-2-3-4-6(8)10-5-7-9/h7,9H,2-5H2,1H3. The molecule has 0 aromatic carbocycles. The molecule has 10 heavy (non-hydrogen) atoms. The molecule has 0 unspecified atom stereocenters. The summed E-state index contributed by atoms with van der Waals surface area (Å²) in [5.74, 6) is -0.275. The minimum Gasteiger partial charge on any atom is -0.448 e. The lowest BCUT2D eigenvalue weighted by atomic mass is 10.3. The Balaban J connectivity index is 3.09. The number of carbonyl (C=O) groups excluding carboxylic acids is 1. The molecule has 0 aliphatic rings. The molecule has 4 nitrogen and oxygen atoms in total. The van der Waals surface area contributed by atoms with Crippen molar-refractivity contribution in [3.8, 4) is 0 Å². The van der Waals surface area contributed by atoms with Crippen LogP contribution in [0.15, 0.2) is 0 Å². The van der Waals surface area contributed by atoms with Crippen LogP contribution in [0.1, 0.15) is 26.2 Å². The summed E-state index contributed by atoms with van der Waals surface area (Å²) in [5, 5.41) is 8.01. The predicted octanol–water partition coefficient (Wildman–Crippen LogP) is 0.656. The second kappa shape index (κ2) is 6.51. The molecule has 0 saturated carbocycles. The monoisotopic (exact) mass is 147 g/mol. The highest BCUT2D eigenvalue weighted by Gasteiger charge is 1.98. The lowest BCUT2D eigenvalue weighted by Gasteiger charge is -2.00. The lowest BCUT2D eigenvalue weighted by Crippen LogP contribution is -2.16. The normalized spacial score (nSPS) is 9.40. The topological polar surface area (TPSA) is 58.6 Å². The molecule has 0 fully saturated rings. The molecular formula is C6H13NO3. The van der Waals surface area contributed by atoms with Crippen molar-refractivity contribution in [1.82, 2.24) is 5.48 Å². The smallest absolute Gasteiger partial charge is 0.307 e. The van der Waals surface area contributed by atoms with Crippen LogP contribution in [0.25, 0.3) is 0 Å². The molecule has 0 radical (unpaired) electrons. The number of rotatable bonds is 5. The van der Waals surface area contributed by atoms with Crippen molar-refractivity contribution in [1.29, 1.82) is 0 Å². The van der Waals surface area contributed by atoms with Crippen molar-refractivity contribution in [2.45, 2.75) is 26.2 Å². The van der Waals surface area contributed by atoms with E-state index in [-0.39, 0.29) is 12.7 Å². The van der Waals surface area contributed by atoms with Gasteiger partial charge >= 0.3 is 5.97 Å². The number of hydroxylamine groups is 1. The number of hydrogen-bond acceptors (Lipinski definition) is 4. The molecule has 0 saturated heterocycles. The van der Waals surface area contributed by atoms with E-state index in [4.69, 9.17) is 5.21 Å². The van der Waals surface area contributed by atoms with Gasteiger partial charge in [0.2, 0.25) is 0 Å². The van der Waals surface area contributed by atoms with Gasteiger partial charge in [-0.2, -0.15) is 5.48 Å². The van der Waals surface area contributed by atoms with Crippen LogP contribution < -0.4 is 5.48 Å². The zero-order chi connectivity index (χ0) is 7.82. The second-order valence-electron chi connectivity index (χ2n) is 1.92. The average molecular weight is 147 g/mol. The van der Waals surface area contributed by atoms with Gasteiger partial charge in [0.25, 0.3) is 0 Å². The van der Waals surface area contributed by atoms with Crippen LogP contribution in [0, 0.1) is 0 Å². The Hall–Kier alpha value is -0.610. The number of esters is 1. The first-order chi connectivity index (χ1) is 4.81. The van der Waals surface area contributed by atoms with Crippen molar-refractivity contribution >= 4 is 5.97 Å². The third-order valence-electron chi connectivity index (χ3n) is 1.03. The van der Waals surface area contributed by atoms with Crippen molar-refractivity contribution in [3.63, 3.8) is 0 Å². The summed E-state index contributed by atoms with van der Waals surface area (Å²) in [5.41, 5.74) is 1.73. The largest absolute Gasteiger partial charge is 0.448 e. The van der Waals surface area contributed by atoms with Crippen molar-refractivity contribution in [2.24, 2.45) is 0 Å². The highest BCUT2D eigenvalue weighted by atomic mass is 16.6. The van der Waals surface area contributed by atoms with Crippen molar-refractivity contribution < 1.29 is 14.7 Å². The second-order valence-corrected chi connectivity index (χ2v) is 1.92. The first-order valence-corrected chi connectivity index (χ1v) is 3.33. The quantitative estimate of drug-likeness (QED) is 0.340. The third kappa shape index (κ3) is 5.53. The molecule has 0 bridgehead atoms. The number of carbonyl (C=O) groups is 1. The predicted molar refractivity (Wildman–Crippen MR) is 35.4 cm³/mol. The summed E-state index contributed by atoms with van der Waals surface area (Å²) in [7, 11) is 0. The number of hydrogen-bond donors (Lipinski definition) is 2. The van der Waals surface area contributed by atoms with E-state index in [0.717, 1.165) is 12.8 Å². The van der Waals surface area contributed by atoms with Crippen LogP contribution in [-0.4, -0.2) is 17.9 Å². The Morgan fingerprint density at radius 2 is 2.40 bits per heavy atom. The maximum Gasteiger partial charge on any atom is 0.307 e. The maximum absolute atomic E-state index is 10.6. The molecule has 4 heteroatoms. The molecule has 2 N–H and O–H groups in total. The van der Waals surface area contributed by atoms with Crippen LogP contribution in [-0.2, 0) is 9.53 Å². The zero-order valence-corrected chi connectivity index (χ0v) is 6.09. The van der Waals surface area contributed by atoms with Gasteiger partial charge in [0.05, 0.1) is 0 Å².